The molecule has 2 N–H and O–H groups in total. The monoisotopic (exact) mass is 547 g/mol. The van der Waals surface area contributed by atoms with Crippen molar-refractivity contribution in [3.05, 3.63) is 106 Å². The molecule has 0 bridgehead atoms. The van der Waals surface area contributed by atoms with Gasteiger partial charge in [-0.15, -0.1) is 10.2 Å². The zero-order valence-electron chi connectivity index (χ0n) is 22.5. The maximum atomic E-state index is 13.0. The van der Waals surface area contributed by atoms with Crippen LogP contribution < -0.4 is 10.6 Å². The number of aromatic nitrogens is 3. The highest BCUT2D eigenvalue weighted by Gasteiger charge is 2.27. The minimum absolute atomic E-state index is 0.259. The maximum absolute atomic E-state index is 13.0. The van der Waals surface area contributed by atoms with Gasteiger partial charge in [0.1, 0.15) is 0 Å². The van der Waals surface area contributed by atoms with Crippen LogP contribution in [-0.2, 0) is 12.2 Å². The van der Waals surface area contributed by atoms with Crippen molar-refractivity contribution in [3.63, 3.8) is 0 Å². The Morgan fingerprint density at radius 2 is 1.71 bits per heavy atom. The molecule has 6 nitrogen and oxygen atoms in total. The fraction of sp³-hybridized carbons (Fsp3) is 0.300. The standard InChI is InChI=1S/C30H34ClN5OS/c1-20-10-9-13-23(16-20)19-38-29-35-34-27(36(29)26-18-24(31)15-14-21(26)2)25(17-22-11-7-6-8-12-22)32-28(37)33-30(3,4)5/h6-16,18,25H,17,19H2,1-5H3,(H2,32,33,37). The smallest absolute Gasteiger partial charge is 0.315 e. The molecule has 1 unspecified atom stereocenters. The van der Waals surface area contributed by atoms with E-state index < -0.39 is 6.04 Å². The highest BCUT2D eigenvalue weighted by molar-refractivity contribution is 7.98. The highest BCUT2D eigenvalue weighted by Crippen LogP contribution is 2.31. The Balaban J connectivity index is 1.77. The number of carbonyl (C=O) groups is 1. The van der Waals surface area contributed by atoms with E-state index in [-0.39, 0.29) is 11.6 Å². The minimum Gasteiger partial charge on any atom is -0.334 e. The van der Waals surface area contributed by atoms with Gasteiger partial charge >= 0.3 is 6.03 Å². The molecule has 0 aliphatic carbocycles. The first-order valence-corrected chi connectivity index (χ1v) is 14.0. The summed E-state index contributed by atoms with van der Waals surface area (Å²) >= 11 is 8.06. The van der Waals surface area contributed by atoms with Crippen LogP contribution >= 0.6 is 23.4 Å². The molecule has 1 aromatic heterocycles. The van der Waals surface area contributed by atoms with Crippen LogP contribution in [0.5, 0.6) is 0 Å². The van der Waals surface area contributed by atoms with Gasteiger partial charge in [0, 0.05) is 22.7 Å². The van der Waals surface area contributed by atoms with E-state index in [9.17, 15) is 4.79 Å². The quantitative estimate of drug-likeness (QED) is 0.229. The van der Waals surface area contributed by atoms with Gasteiger partial charge in [0.2, 0.25) is 0 Å². The van der Waals surface area contributed by atoms with E-state index in [4.69, 9.17) is 11.6 Å². The number of carbonyl (C=O) groups excluding carboxylic acids is 1. The summed E-state index contributed by atoms with van der Waals surface area (Å²) in [5.41, 5.74) is 5.05. The molecule has 0 aliphatic heterocycles. The molecule has 4 rings (SSSR count). The summed E-state index contributed by atoms with van der Waals surface area (Å²) in [6, 6.07) is 23.6. The Labute approximate surface area is 234 Å². The zero-order valence-corrected chi connectivity index (χ0v) is 24.0. The van der Waals surface area contributed by atoms with Crippen LogP contribution in [0.1, 0.15) is 54.9 Å². The number of rotatable bonds is 8. The van der Waals surface area contributed by atoms with E-state index in [1.165, 1.54) is 11.1 Å². The molecule has 3 aromatic carbocycles. The second-order valence-corrected chi connectivity index (χ2v) is 11.9. The minimum atomic E-state index is -0.432. The number of halogens is 1. The van der Waals surface area contributed by atoms with Gasteiger partial charge in [-0.05, 0) is 63.4 Å². The Kier molecular flexibility index (Phi) is 8.80. The van der Waals surface area contributed by atoms with Gasteiger partial charge in [-0.3, -0.25) is 4.57 Å². The molecule has 1 heterocycles. The summed E-state index contributed by atoms with van der Waals surface area (Å²) in [6.45, 7) is 9.99. The van der Waals surface area contributed by atoms with E-state index in [1.54, 1.807) is 11.8 Å². The first-order valence-electron chi connectivity index (χ1n) is 12.6. The molecule has 0 radical (unpaired) electrons. The molecule has 0 fully saturated rings. The molecule has 38 heavy (non-hydrogen) atoms. The lowest BCUT2D eigenvalue weighted by Crippen LogP contribution is -2.48. The molecular weight excluding hydrogens is 514 g/mol. The van der Waals surface area contributed by atoms with Gasteiger partial charge < -0.3 is 10.6 Å². The number of urea groups is 1. The van der Waals surface area contributed by atoms with Crippen molar-refractivity contribution in [3.8, 4) is 5.69 Å². The van der Waals surface area contributed by atoms with Crippen molar-refractivity contribution in [2.75, 3.05) is 0 Å². The summed E-state index contributed by atoms with van der Waals surface area (Å²) in [4.78, 5) is 13.0. The molecule has 0 saturated carbocycles. The first-order chi connectivity index (χ1) is 18.1. The molecule has 0 spiro atoms. The van der Waals surface area contributed by atoms with Crippen LogP contribution in [0.3, 0.4) is 0 Å². The third-order valence-corrected chi connectivity index (χ3v) is 7.14. The summed E-state index contributed by atoms with van der Waals surface area (Å²) in [6.07, 6.45) is 0.554. The van der Waals surface area contributed by atoms with Gasteiger partial charge in [-0.25, -0.2) is 4.79 Å². The third-order valence-electron chi connectivity index (χ3n) is 5.91. The van der Waals surface area contributed by atoms with Gasteiger partial charge in [0.15, 0.2) is 11.0 Å². The number of nitrogens with one attached hydrogen (secondary N) is 2. The van der Waals surface area contributed by atoms with E-state index in [0.717, 1.165) is 27.7 Å². The number of benzene rings is 3. The third kappa shape index (κ3) is 7.39. The zero-order chi connectivity index (χ0) is 27.3. The van der Waals surface area contributed by atoms with Gasteiger partial charge in [0.05, 0.1) is 11.7 Å². The largest absolute Gasteiger partial charge is 0.334 e. The molecule has 4 aromatic rings. The van der Waals surface area contributed by atoms with Crippen molar-refractivity contribution >= 4 is 29.4 Å². The fourth-order valence-corrected chi connectivity index (χ4v) is 5.25. The molecule has 0 saturated heterocycles. The van der Waals surface area contributed by atoms with Gasteiger partial charge in [-0.1, -0.05) is 89.6 Å². The average molecular weight is 548 g/mol. The molecule has 1 atom stereocenters. The van der Waals surface area contributed by atoms with E-state index >= 15 is 0 Å². The van der Waals surface area contributed by atoms with Crippen LogP contribution in [-0.4, -0.2) is 26.3 Å². The van der Waals surface area contributed by atoms with E-state index in [1.807, 2.05) is 68.7 Å². The van der Waals surface area contributed by atoms with Crippen molar-refractivity contribution in [1.82, 2.24) is 25.4 Å². The van der Waals surface area contributed by atoms with Crippen molar-refractivity contribution in [2.45, 2.75) is 63.5 Å². The first kappa shape index (κ1) is 27.7. The van der Waals surface area contributed by atoms with E-state index in [2.05, 4.69) is 64.2 Å². The van der Waals surface area contributed by atoms with Gasteiger partial charge in [0.25, 0.3) is 0 Å². The van der Waals surface area contributed by atoms with Crippen molar-refractivity contribution < 1.29 is 4.79 Å². The number of thioether (sulfide) groups is 1. The van der Waals surface area contributed by atoms with Crippen LogP contribution in [0.25, 0.3) is 5.69 Å². The molecule has 8 heteroatoms. The number of hydrogen-bond acceptors (Lipinski definition) is 4. The Morgan fingerprint density at radius 3 is 2.42 bits per heavy atom. The lowest BCUT2D eigenvalue weighted by Gasteiger charge is -2.25. The normalized spacial score (nSPS) is 12.3. The second-order valence-electron chi connectivity index (χ2n) is 10.5. The average Bonchev–Trinajstić information content (AvgIpc) is 3.27. The Bertz CT molecular complexity index is 1400. The lowest BCUT2D eigenvalue weighted by atomic mass is 10.0. The molecule has 198 valence electrons. The summed E-state index contributed by atoms with van der Waals surface area (Å²) < 4.78 is 2.03. The lowest BCUT2D eigenvalue weighted by molar-refractivity contribution is 0.227. The molecule has 0 aliphatic rings. The Hall–Kier alpha value is -3.29. The molecular formula is C30H34ClN5OS. The highest BCUT2D eigenvalue weighted by atomic mass is 35.5. The predicted octanol–water partition coefficient (Wildman–Crippen LogP) is 7.21. The summed E-state index contributed by atoms with van der Waals surface area (Å²) in [7, 11) is 0. The summed E-state index contributed by atoms with van der Waals surface area (Å²) in [5, 5.41) is 16.8. The topological polar surface area (TPSA) is 71.8 Å². The van der Waals surface area contributed by atoms with E-state index in [0.29, 0.717) is 17.3 Å². The Morgan fingerprint density at radius 1 is 0.974 bits per heavy atom. The summed E-state index contributed by atoms with van der Waals surface area (Å²) in [5.74, 6) is 1.38. The van der Waals surface area contributed by atoms with Crippen LogP contribution in [0, 0.1) is 13.8 Å². The number of hydrogen-bond donors (Lipinski definition) is 2. The number of amides is 2. The predicted molar refractivity (Wildman–Crippen MR) is 156 cm³/mol. The second kappa shape index (κ2) is 12.0. The van der Waals surface area contributed by atoms with Crippen LogP contribution in [0.15, 0.2) is 78.0 Å². The van der Waals surface area contributed by atoms with Crippen LogP contribution in [0.4, 0.5) is 4.79 Å². The molecule has 2 amide bonds. The van der Waals surface area contributed by atoms with Crippen LogP contribution in [0.2, 0.25) is 5.02 Å². The SMILES string of the molecule is Cc1cccc(CSc2nnc(C(Cc3ccccc3)NC(=O)NC(C)(C)C)n2-c2cc(Cl)ccc2C)c1. The van der Waals surface area contributed by atoms with Crippen molar-refractivity contribution in [1.29, 1.82) is 0 Å². The fourth-order valence-electron chi connectivity index (χ4n) is 4.19. The van der Waals surface area contributed by atoms with Gasteiger partial charge in [-0.2, -0.15) is 0 Å². The number of aryl methyl sites for hydroxylation is 2. The maximum Gasteiger partial charge on any atom is 0.315 e. The number of nitrogens with zero attached hydrogens (tertiary/aromatic N) is 3. The van der Waals surface area contributed by atoms with Crippen molar-refractivity contribution in [2.24, 2.45) is 0 Å².